The van der Waals surface area contributed by atoms with Crippen LogP contribution in [0.4, 0.5) is 0 Å². The maximum absolute atomic E-state index is 17.5. The lowest BCUT2D eigenvalue weighted by molar-refractivity contribution is -0.169. The van der Waals surface area contributed by atoms with Crippen molar-refractivity contribution in [2.24, 2.45) is 5.41 Å². The minimum absolute atomic E-state index is 0.0233. The van der Waals surface area contributed by atoms with Crippen molar-refractivity contribution < 1.29 is 28.6 Å². The van der Waals surface area contributed by atoms with Gasteiger partial charge in [0.2, 0.25) is 0 Å². The molecule has 5 aliphatic carbocycles. The first-order valence-corrected chi connectivity index (χ1v) is 31.4. The molecule has 2 spiro atoms. The number of esters is 3. The zero-order valence-electron chi connectivity index (χ0n) is 44.5. The molecule has 1 fully saturated rings. The van der Waals surface area contributed by atoms with E-state index in [1.54, 1.807) is 10.8 Å². The third-order valence-electron chi connectivity index (χ3n) is 28.0. The largest absolute Gasteiger partial charge is 0.462 e. The number of rotatable bonds is 12. The Labute approximate surface area is 468 Å². The Kier molecular flexibility index (Phi) is 3.79. The third-order valence-corrected chi connectivity index (χ3v) is 28.0. The summed E-state index contributed by atoms with van der Waals surface area (Å²) in [5, 5.41) is 77.9. The van der Waals surface area contributed by atoms with Crippen molar-refractivity contribution in [1.29, 1.82) is 0 Å². The third kappa shape index (κ3) is 2.21. The quantitative estimate of drug-likeness (QED) is 0.0399. The maximum atomic E-state index is 17.5. The molecule has 6 heteroatoms. The number of hydrogen-bond donors (Lipinski definition) is 0. The van der Waals surface area contributed by atoms with Gasteiger partial charge in [-0.05, 0) is 325 Å². The molecule has 5 aliphatic rings. The summed E-state index contributed by atoms with van der Waals surface area (Å²) >= 11 is 0. The van der Waals surface area contributed by atoms with Crippen LogP contribution in [0.2, 0.25) is 0 Å². The molecule has 85 heavy (non-hydrogen) atoms. The Morgan fingerprint density at radius 1 is 0.294 bits per heavy atom. The number of benzene rings is 19. The Morgan fingerprint density at radius 3 is 0.812 bits per heavy atom. The molecular weight excluding hydrogens is 1040 g/mol. The fourth-order valence-corrected chi connectivity index (χ4v) is 27.3. The second-order valence-corrected chi connectivity index (χ2v) is 29.2. The first kappa shape index (κ1) is 35.9. The highest BCUT2D eigenvalue weighted by molar-refractivity contribution is 6.82. The predicted octanol–water partition coefficient (Wildman–Crippen LogP) is 19.1. The van der Waals surface area contributed by atoms with Crippen molar-refractivity contribution in [1.82, 2.24) is 0 Å². The molecule has 0 heterocycles. The van der Waals surface area contributed by atoms with Crippen LogP contribution in [-0.4, -0.2) is 31.1 Å². The predicted molar refractivity (Wildman–Crippen MR) is 343 cm³/mol. The Morgan fingerprint density at radius 2 is 0.541 bits per heavy atom. The number of unbranched alkanes of at least 4 members (excludes halogenated alkanes) is 3. The molecule has 34 rings (SSSR count). The van der Waals surface area contributed by atoms with E-state index in [-0.39, 0.29) is 25.8 Å². The summed E-state index contributed by atoms with van der Waals surface area (Å²) < 4.78 is 20.0. The van der Waals surface area contributed by atoms with Gasteiger partial charge in [0.15, 0.2) is 5.41 Å². The van der Waals surface area contributed by atoms with E-state index in [9.17, 15) is 4.79 Å². The van der Waals surface area contributed by atoms with Crippen LogP contribution >= 0.6 is 0 Å². The van der Waals surface area contributed by atoms with Gasteiger partial charge in [0.05, 0.1) is 10.8 Å². The van der Waals surface area contributed by atoms with Gasteiger partial charge in [-0.15, -0.1) is 0 Å². The lowest BCUT2D eigenvalue weighted by Crippen LogP contribution is -2.39. The van der Waals surface area contributed by atoms with Crippen LogP contribution in [0.3, 0.4) is 0 Å². The second-order valence-electron chi connectivity index (χ2n) is 29.2. The van der Waals surface area contributed by atoms with Gasteiger partial charge in [-0.2, -0.15) is 0 Å². The van der Waals surface area contributed by atoms with E-state index in [0.717, 1.165) is 31.2 Å². The normalized spacial score (nSPS) is 21.9. The van der Waals surface area contributed by atoms with Crippen molar-refractivity contribution >= 4 is 309 Å². The molecule has 0 aliphatic heterocycles. The van der Waals surface area contributed by atoms with Gasteiger partial charge >= 0.3 is 17.9 Å². The van der Waals surface area contributed by atoms with Crippen molar-refractivity contribution in [2.75, 3.05) is 13.2 Å². The van der Waals surface area contributed by atoms with Crippen LogP contribution in [0.15, 0.2) is 30.3 Å². The second kappa shape index (κ2) is 8.97. The molecule has 0 atom stereocenters. The van der Waals surface area contributed by atoms with E-state index in [0.29, 0.717) is 6.42 Å². The summed E-state index contributed by atoms with van der Waals surface area (Å²) in [5.41, 5.74) is 1.37. The van der Waals surface area contributed by atoms with Crippen LogP contribution in [0.5, 0.6) is 0 Å². The molecule has 0 saturated heterocycles. The van der Waals surface area contributed by atoms with E-state index in [2.05, 4.69) is 6.92 Å². The Balaban J connectivity index is 0.903. The van der Waals surface area contributed by atoms with E-state index < -0.39 is 28.2 Å². The van der Waals surface area contributed by atoms with E-state index in [1.807, 2.05) is 30.3 Å². The number of hydrogen-bond acceptors (Lipinski definition) is 6. The van der Waals surface area contributed by atoms with Crippen LogP contribution < -0.4 is 0 Å². The Hall–Kier alpha value is -9.91. The molecule has 0 amide bonds. The molecule has 0 radical (unpaired) electrons. The highest BCUT2D eigenvalue weighted by Gasteiger charge is 3.01. The molecule has 376 valence electrons. The van der Waals surface area contributed by atoms with Crippen LogP contribution in [-0.2, 0) is 46.0 Å². The van der Waals surface area contributed by atoms with Crippen molar-refractivity contribution in [3.63, 3.8) is 0 Å². The van der Waals surface area contributed by atoms with Crippen molar-refractivity contribution in [2.45, 2.75) is 56.5 Å². The van der Waals surface area contributed by atoms with Gasteiger partial charge < -0.3 is 14.2 Å². The molecular formula is C79H24O6. The van der Waals surface area contributed by atoms with Crippen molar-refractivity contribution in [3.05, 3.63) is 58.1 Å². The average Bonchev–Trinajstić information content (AvgIpc) is 1.36. The molecule has 1 saturated carbocycles. The number of carbonyl (C=O) groups is 3. The number of carbonyl (C=O) groups excluding carboxylic acids is 3. The van der Waals surface area contributed by atoms with E-state index in [1.165, 1.54) is 302 Å². The molecule has 0 N–H and O–H groups in total. The van der Waals surface area contributed by atoms with Gasteiger partial charge in [-0.25, -0.2) is 0 Å². The standard InChI is InChI=1S/C79H24O6/c1-2-3-4-8-11-16(80)83-12-13-84-75(81)79(76(82)85-14-15-9-6-5-7-10-15)77-71-63-55-45-35-27-19-17-18-21-25-23(19)31-39-33(25)43-37-29(21)30-22(18)26-24-20(17)28(27)36-42-32(24)40-34(26)44-38(30)48-47(37)57-51(43)61-53(39)59(49(55)41(31)35)67(71)69(61)73-65(57)66-58(48)52(44)62-54(40)60-50(42)56(46(36)45)64(63)72(77)68(60)70(62)74(66)78(73,77)79/h5-7,9-10H,2-4,8,11-14H2,1H3. The monoisotopic (exact) mass is 1070 g/mol. The first-order chi connectivity index (χ1) is 42.1. The minimum Gasteiger partial charge on any atom is -0.462 e. The number of ether oxygens (including phenoxy) is 3. The minimum atomic E-state index is -1.89. The van der Waals surface area contributed by atoms with Crippen molar-refractivity contribution in [3.8, 4) is 0 Å². The fraction of sp³-hybridized carbons (Fsp3) is 0.152. The fourth-order valence-electron chi connectivity index (χ4n) is 27.3. The lowest BCUT2D eigenvalue weighted by Gasteiger charge is -2.32. The molecule has 0 unspecified atom stereocenters. The van der Waals surface area contributed by atoms with Gasteiger partial charge in [0.25, 0.3) is 0 Å². The highest BCUT2D eigenvalue weighted by atomic mass is 16.6. The molecule has 0 bridgehead atoms. The Bertz CT molecular complexity index is 7370. The summed E-state index contributed by atoms with van der Waals surface area (Å²) in [5.74, 6) is -1.32. The van der Waals surface area contributed by atoms with E-state index in [4.69, 9.17) is 14.2 Å². The maximum Gasteiger partial charge on any atom is 0.326 e. The van der Waals surface area contributed by atoms with Gasteiger partial charge in [0, 0.05) is 6.42 Å². The summed E-state index contributed by atoms with van der Waals surface area (Å²) in [6, 6.07) is 10.0. The van der Waals surface area contributed by atoms with E-state index >= 15 is 9.59 Å². The van der Waals surface area contributed by atoms with Crippen LogP contribution in [0.1, 0.15) is 66.8 Å². The van der Waals surface area contributed by atoms with Crippen LogP contribution in [0.25, 0.3) is 291 Å². The smallest absolute Gasteiger partial charge is 0.326 e. The van der Waals surface area contributed by atoms with Gasteiger partial charge in [-0.3, -0.25) is 14.4 Å². The summed E-state index contributed by atoms with van der Waals surface area (Å²) in [7, 11) is 0. The molecule has 29 aromatic carbocycles. The molecule has 0 aromatic heterocycles. The highest BCUT2D eigenvalue weighted by Crippen LogP contribution is 2.96. The summed E-state index contributed by atoms with van der Waals surface area (Å²) in [4.78, 5) is 48.4. The molecule has 29 aromatic rings. The lowest BCUT2D eigenvalue weighted by atomic mass is 9.68. The zero-order valence-corrected chi connectivity index (χ0v) is 44.5. The van der Waals surface area contributed by atoms with Gasteiger partial charge in [0.1, 0.15) is 19.8 Å². The molecule has 6 nitrogen and oxygen atoms in total. The summed E-state index contributed by atoms with van der Waals surface area (Å²) in [6.07, 6.45) is 4.21. The summed E-state index contributed by atoms with van der Waals surface area (Å²) in [6.45, 7) is 1.96. The SMILES string of the molecule is CCCCCCC(=O)OCCOC(=O)C1(C(=O)OCc2ccccc2)C23c4c5c6c7c8c9c(c%10c%11c2c2c4c4c%12c5c5c6c6c8c8c%13c9c9c%10c%10c%11c%11c2c2c4c4c%12c%12c5c5c6c8c6c8c%13c9c9c%10c%10c%11c2c2c4c4c%12c5c6c5c8c9c%10c2c45)C713. The van der Waals surface area contributed by atoms with Crippen LogP contribution in [0, 0.1) is 5.41 Å². The topological polar surface area (TPSA) is 78.9 Å². The first-order valence-electron chi connectivity index (χ1n) is 31.4. The zero-order chi connectivity index (χ0) is 52.6. The average molecular weight is 1070 g/mol. The van der Waals surface area contributed by atoms with Gasteiger partial charge in [-0.1, -0.05) is 56.5 Å².